The second kappa shape index (κ2) is 11.5. The van der Waals surface area contributed by atoms with E-state index in [2.05, 4.69) is 38.8 Å². The standard InChI is InChI=1S/C19H17ClN4.C9H19N3O/c1-24-11-22-10-18(24)19(21)16-7-13-3-2-6-23-17(13)8-12-4-5-14(20)9-15(12)16;1-9(2,3)11-8(13)12-6-4-10-5-7-12/h2-7,9-11,19H,8,21H2,1H3;10H,4-7H2,1-3H3,(H,11,13). The maximum atomic E-state index is 11.6. The number of benzene rings is 1. The summed E-state index contributed by atoms with van der Waals surface area (Å²) in [5, 5.41) is 6.86. The summed E-state index contributed by atoms with van der Waals surface area (Å²) in [5.41, 5.74) is 12.9. The number of nitrogens with one attached hydrogen (secondary N) is 2. The third-order valence-electron chi connectivity index (χ3n) is 6.37. The molecule has 1 aliphatic heterocycles. The van der Waals surface area contributed by atoms with Crippen LogP contribution in [0.1, 0.15) is 54.9 Å². The first-order chi connectivity index (χ1) is 17.6. The molecule has 2 aromatic heterocycles. The predicted octanol–water partition coefficient (Wildman–Crippen LogP) is 4.01. The lowest BCUT2D eigenvalue weighted by Crippen LogP contribution is -2.54. The number of halogens is 1. The Bertz CT molecular complexity index is 1270. The number of aryl methyl sites for hydroxylation is 1. The number of carbonyl (C=O) groups excluding carboxylic acids is 1. The van der Waals surface area contributed by atoms with E-state index >= 15 is 0 Å². The van der Waals surface area contributed by atoms with Crippen molar-refractivity contribution in [2.24, 2.45) is 12.8 Å². The maximum absolute atomic E-state index is 11.6. The van der Waals surface area contributed by atoms with Gasteiger partial charge in [0.15, 0.2) is 0 Å². The Labute approximate surface area is 223 Å². The number of piperazine rings is 1. The molecule has 1 aromatic carbocycles. The highest BCUT2D eigenvalue weighted by molar-refractivity contribution is 6.30. The van der Waals surface area contributed by atoms with E-state index in [1.54, 1.807) is 6.33 Å². The predicted molar refractivity (Wildman–Crippen MR) is 149 cm³/mol. The van der Waals surface area contributed by atoms with E-state index in [1.165, 1.54) is 5.56 Å². The van der Waals surface area contributed by atoms with Gasteiger partial charge in [0.25, 0.3) is 0 Å². The Morgan fingerprint density at radius 1 is 1.22 bits per heavy atom. The van der Waals surface area contributed by atoms with E-state index < -0.39 is 0 Å². The van der Waals surface area contributed by atoms with Crippen LogP contribution in [0.25, 0.3) is 11.6 Å². The first-order valence-corrected chi connectivity index (χ1v) is 12.9. The number of hydrogen-bond acceptors (Lipinski definition) is 5. The van der Waals surface area contributed by atoms with Gasteiger partial charge in [0.05, 0.1) is 30.0 Å². The summed E-state index contributed by atoms with van der Waals surface area (Å²) in [6.45, 7) is 9.40. The Morgan fingerprint density at radius 2 is 1.97 bits per heavy atom. The molecule has 0 spiro atoms. The van der Waals surface area contributed by atoms with Crippen molar-refractivity contribution in [3.8, 4) is 0 Å². The fourth-order valence-electron chi connectivity index (χ4n) is 4.48. The lowest BCUT2D eigenvalue weighted by molar-refractivity contribution is 0.181. The molecule has 1 unspecified atom stereocenters. The molecule has 0 radical (unpaired) electrons. The molecule has 1 fully saturated rings. The van der Waals surface area contributed by atoms with Crippen molar-refractivity contribution in [1.29, 1.82) is 0 Å². The quantitative estimate of drug-likeness (QED) is 0.473. The largest absolute Gasteiger partial charge is 0.336 e. The van der Waals surface area contributed by atoms with Gasteiger partial charge in [0.2, 0.25) is 0 Å². The molecule has 0 bridgehead atoms. The highest BCUT2D eigenvalue weighted by Crippen LogP contribution is 2.37. The number of rotatable bonds is 2. The lowest BCUT2D eigenvalue weighted by atomic mass is 9.92. The van der Waals surface area contributed by atoms with E-state index in [9.17, 15) is 4.79 Å². The van der Waals surface area contributed by atoms with Crippen LogP contribution in [-0.2, 0) is 13.5 Å². The van der Waals surface area contributed by atoms with Gasteiger partial charge >= 0.3 is 6.03 Å². The van der Waals surface area contributed by atoms with Crippen LogP contribution in [0.2, 0.25) is 5.02 Å². The molecule has 196 valence electrons. The van der Waals surface area contributed by atoms with Gasteiger partial charge in [-0.3, -0.25) is 4.98 Å². The average Bonchev–Trinajstić information content (AvgIpc) is 3.22. The molecule has 8 nitrogen and oxygen atoms in total. The molecule has 5 rings (SSSR count). The van der Waals surface area contributed by atoms with E-state index in [0.717, 1.165) is 60.7 Å². The van der Waals surface area contributed by atoms with Gasteiger partial charge in [0, 0.05) is 56.4 Å². The monoisotopic (exact) mass is 521 g/mol. The number of amides is 2. The van der Waals surface area contributed by atoms with Crippen molar-refractivity contribution in [3.63, 3.8) is 0 Å². The molecule has 1 atom stereocenters. The summed E-state index contributed by atoms with van der Waals surface area (Å²) in [7, 11) is 1.95. The first-order valence-electron chi connectivity index (χ1n) is 12.6. The molecule has 2 aliphatic rings. The van der Waals surface area contributed by atoms with E-state index in [0.29, 0.717) is 5.02 Å². The molecule has 3 aromatic rings. The second-order valence-corrected chi connectivity index (χ2v) is 10.9. The van der Waals surface area contributed by atoms with Crippen LogP contribution in [0.5, 0.6) is 0 Å². The third kappa shape index (κ3) is 6.77. The summed E-state index contributed by atoms with van der Waals surface area (Å²) in [4.78, 5) is 22.2. The van der Waals surface area contributed by atoms with Crippen LogP contribution in [-0.4, -0.2) is 57.2 Å². The minimum atomic E-state index is -0.291. The molecule has 0 saturated carbocycles. The summed E-state index contributed by atoms with van der Waals surface area (Å²) < 4.78 is 1.95. The maximum Gasteiger partial charge on any atom is 0.317 e. The number of aromatic nitrogens is 3. The minimum absolute atomic E-state index is 0.0500. The number of imidazole rings is 1. The molecule has 4 N–H and O–H groups in total. The molecule has 37 heavy (non-hydrogen) atoms. The Morgan fingerprint density at radius 3 is 2.65 bits per heavy atom. The van der Waals surface area contributed by atoms with Gasteiger partial charge in [-0.25, -0.2) is 9.78 Å². The zero-order chi connectivity index (χ0) is 26.6. The number of carbonyl (C=O) groups is 1. The summed E-state index contributed by atoms with van der Waals surface area (Å²) in [6, 6.07) is 9.75. The highest BCUT2D eigenvalue weighted by Gasteiger charge is 2.23. The van der Waals surface area contributed by atoms with Crippen LogP contribution >= 0.6 is 11.6 Å². The van der Waals surface area contributed by atoms with E-state index in [-0.39, 0.29) is 17.6 Å². The fourth-order valence-corrected chi connectivity index (χ4v) is 4.65. The SMILES string of the molecule is CC(C)(C)NC(=O)N1CCNCC1.Cn1cncc1C(N)C1=Cc2cccnc2Cc2ccc(Cl)cc21. The molecular weight excluding hydrogens is 486 g/mol. The topological polar surface area (TPSA) is 101 Å². The lowest BCUT2D eigenvalue weighted by Gasteiger charge is -2.31. The number of hydrogen-bond donors (Lipinski definition) is 3. The highest BCUT2D eigenvalue weighted by atomic mass is 35.5. The van der Waals surface area contributed by atoms with E-state index in [4.69, 9.17) is 17.3 Å². The molecule has 1 saturated heterocycles. The van der Waals surface area contributed by atoms with Crippen molar-refractivity contribution in [2.75, 3.05) is 26.2 Å². The van der Waals surface area contributed by atoms with Crippen LogP contribution in [0.3, 0.4) is 0 Å². The van der Waals surface area contributed by atoms with Crippen molar-refractivity contribution in [1.82, 2.24) is 30.1 Å². The number of nitrogens with two attached hydrogens (primary N) is 1. The smallest absolute Gasteiger partial charge is 0.317 e. The number of pyridine rings is 1. The minimum Gasteiger partial charge on any atom is -0.336 e. The Hall–Kier alpha value is -3.20. The van der Waals surface area contributed by atoms with Gasteiger partial charge in [-0.2, -0.15) is 0 Å². The van der Waals surface area contributed by atoms with Crippen LogP contribution in [0, 0.1) is 0 Å². The second-order valence-electron chi connectivity index (χ2n) is 10.4. The van der Waals surface area contributed by atoms with Gasteiger partial charge in [-0.15, -0.1) is 0 Å². The molecule has 9 heteroatoms. The van der Waals surface area contributed by atoms with Crippen molar-refractivity contribution >= 4 is 29.3 Å². The third-order valence-corrected chi connectivity index (χ3v) is 6.61. The normalized spacial score (nSPS) is 15.8. The molecule has 1 aliphatic carbocycles. The zero-order valence-electron chi connectivity index (χ0n) is 22.0. The summed E-state index contributed by atoms with van der Waals surface area (Å²) >= 11 is 6.27. The van der Waals surface area contributed by atoms with Crippen molar-refractivity contribution in [3.05, 3.63) is 82.2 Å². The average molecular weight is 522 g/mol. The van der Waals surface area contributed by atoms with Gasteiger partial charge in [-0.05, 0) is 67.3 Å². The fraction of sp³-hybridized carbons (Fsp3) is 0.393. The van der Waals surface area contributed by atoms with E-state index in [1.807, 2.05) is 67.9 Å². The number of nitrogens with zero attached hydrogens (tertiary/aromatic N) is 4. The van der Waals surface area contributed by atoms with Crippen molar-refractivity contribution in [2.45, 2.75) is 38.8 Å². The Kier molecular flexibility index (Phi) is 8.32. The molecular formula is C28H36ClN7O. The van der Waals surface area contributed by atoms with Gasteiger partial charge in [0.1, 0.15) is 0 Å². The molecule has 2 amide bonds. The zero-order valence-corrected chi connectivity index (χ0v) is 22.7. The van der Waals surface area contributed by atoms with Crippen molar-refractivity contribution < 1.29 is 4.79 Å². The van der Waals surface area contributed by atoms with Crippen LogP contribution in [0.4, 0.5) is 4.79 Å². The molecule has 3 heterocycles. The number of fused-ring (bicyclic) bond motifs is 2. The van der Waals surface area contributed by atoms with Gasteiger partial charge < -0.3 is 25.8 Å². The first kappa shape index (κ1) is 26.9. The summed E-state index contributed by atoms with van der Waals surface area (Å²) in [5.74, 6) is 0. The van der Waals surface area contributed by atoms with Crippen LogP contribution in [0.15, 0.2) is 49.1 Å². The Balaban J connectivity index is 0.000000209. The van der Waals surface area contributed by atoms with Gasteiger partial charge in [-0.1, -0.05) is 23.7 Å². The summed E-state index contributed by atoms with van der Waals surface area (Å²) in [6.07, 6.45) is 8.29. The number of urea groups is 1. The van der Waals surface area contributed by atoms with Crippen LogP contribution < -0.4 is 16.4 Å².